The molecular weight excluding hydrogens is 469 g/mol. The monoisotopic (exact) mass is 490 g/mol. The van der Waals surface area contributed by atoms with Crippen LogP contribution in [0.5, 0.6) is 0 Å². The summed E-state index contributed by atoms with van der Waals surface area (Å²) in [4.78, 5) is 16.4. The lowest BCUT2D eigenvalue weighted by Crippen LogP contribution is -2.05. The minimum atomic E-state index is -4.47. The molecule has 0 unspecified atom stereocenters. The molecule has 5 aromatic rings. The van der Waals surface area contributed by atoms with Gasteiger partial charge in [-0.2, -0.15) is 13.2 Å². The van der Waals surface area contributed by atoms with Crippen molar-refractivity contribution in [2.75, 3.05) is 6.61 Å². The summed E-state index contributed by atoms with van der Waals surface area (Å²) in [6.07, 6.45) is -4.47. The van der Waals surface area contributed by atoms with Gasteiger partial charge in [0.15, 0.2) is 11.6 Å². The van der Waals surface area contributed by atoms with Gasteiger partial charge in [-0.05, 0) is 55.0 Å². The molecule has 0 spiro atoms. The normalized spacial score (nSPS) is 11.7. The van der Waals surface area contributed by atoms with Gasteiger partial charge < -0.3 is 13.7 Å². The number of alkyl halides is 3. The molecule has 0 aliphatic heterocycles. The zero-order valence-corrected chi connectivity index (χ0v) is 19.3. The Hall–Kier alpha value is -4.33. The van der Waals surface area contributed by atoms with E-state index in [1.54, 1.807) is 43.3 Å². The van der Waals surface area contributed by atoms with Crippen molar-refractivity contribution in [2.24, 2.45) is 0 Å². The van der Waals surface area contributed by atoms with Crippen LogP contribution in [0.2, 0.25) is 0 Å². The Labute approximate surface area is 204 Å². The number of aromatic nitrogens is 2. The number of benzene rings is 3. The van der Waals surface area contributed by atoms with Gasteiger partial charge in [-0.25, -0.2) is 9.78 Å². The molecule has 0 aliphatic rings. The van der Waals surface area contributed by atoms with Crippen LogP contribution in [0, 0.1) is 0 Å². The number of fused-ring (bicyclic) bond motifs is 1. The van der Waals surface area contributed by atoms with Crippen molar-refractivity contribution in [3.63, 3.8) is 0 Å². The Balaban J connectivity index is 1.55. The number of hydrogen-bond acceptors (Lipinski definition) is 4. The Morgan fingerprint density at radius 1 is 0.944 bits per heavy atom. The van der Waals surface area contributed by atoms with Crippen LogP contribution in [0.4, 0.5) is 13.2 Å². The summed E-state index contributed by atoms with van der Waals surface area (Å²) in [5, 5.41) is 0. The average molecular weight is 490 g/mol. The second-order valence-corrected chi connectivity index (χ2v) is 8.17. The van der Waals surface area contributed by atoms with Crippen molar-refractivity contribution in [3.05, 3.63) is 102 Å². The number of imidazole rings is 1. The van der Waals surface area contributed by atoms with Gasteiger partial charge in [0.2, 0.25) is 0 Å². The van der Waals surface area contributed by atoms with Crippen LogP contribution in [0.3, 0.4) is 0 Å². The first kappa shape index (κ1) is 23.4. The Morgan fingerprint density at radius 2 is 1.67 bits per heavy atom. The molecule has 0 aliphatic carbocycles. The lowest BCUT2D eigenvalue weighted by Gasteiger charge is -2.09. The van der Waals surface area contributed by atoms with Gasteiger partial charge >= 0.3 is 12.1 Å². The second-order valence-electron chi connectivity index (χ2n) is 8.17. The molecule has 2 heterocycles. The highest BCUT2D eigenvalue weighted by molar-refractivity contribution is 5.90. The summed E-state index contributed by atoms with van der Waals surface area (Å²) in [5.74, 6) is 0.967. The summed E-state index contributed by atoms with van der Waals surface area (Å²) in [6.45, 7) is 2.44. The van der Waals surface area contributed by atoms with E-state index in [2.05, 4.69) is 4.98 Å². The molecule has 0 atom stereocenters. The standard InChI is InChI=1S/C28H21F3N2O3/c1-2-35-27(34)20-10-8-19(9-11-20)24-14-15-25(36-24)26-32-22-16-21(28(29,30)31)12-13-23(22)33(26)17-18-6-4-3-5-7-18/h3-16H,2,17H2,1H3. The van der Waals surface area contributed by atoms with E-state index in [-0.39, 0.29) is 12.1 Å². The third-order valence-corrected chi connectivity index (χ3v) is 5.77. The zero-order valence-electron chi connectivity index (χ0n) is 19.3. The quantitative estimate of drug-likeness (QED) is 0.236. The molecule has 5 rings (SSSR count). The van der Waals surface area contributed by atoms with Crippen LogP contribution in [-0.4, -0.2) is 22.1 Å². The lowest BCUT2D eigenvalue weighted by molar-refractivity contribution is -0.137. The predicted molar refractivity (Wildman–Crippen MR) is 129 cm³/mol. The third kappa shape index (κ3) is 4.62. The minimum absolute atomic E-state index is 0.229. The van der Waals surface area contributed by atoms with Gasteiger partial charge in [-0.15, -0.1) is 0 Å². The van der Waals surface area contributed by atoms with Gasteiger partial charge in [0.25, 0.3) is 0 Å². The number of rotatable bonds is 6. The Morgan fingerprint density at radius 3 is 2.36 bits per heavy atom. The largest absolute Gasteiger partial charge is 0.462 e. The first-order valence-electron chi connectivity index (χ1n) is 11.3. The van der Waals surface area contributed by atoms with Crippen molar-refractivity contribution < 1.29 is 27.1 Å². The van der Waals surface area contributed by atoms with Gasteiger partial charge in [0, 0.05) is 12.1 Å². The Bertz CT molecular complexity index is 1520. The molecule has 3 aromatic carbocycles. The summed E-state index contributed by atoms with van der Waals surface area (Å²) in [7, 11) is 0. The number of carbonyl (C=O) groups excluding carboxylic acids is 1. The highest BCUT2D eigenvalue weighted by atomic mass is 19.4. The molecule has 5 nitrogen and oxygen atoms in total. The second kappa shape index (κ2) is 9.37. The summed E-state index contributed by atoms with van der Waals surface area (Å²) in [5.41, 5.74) is 2.18. The molecule has 0 saturated carbocycles. The molecule has 0 N–H and O–H groups in total. The molecular formula is C28H21F3N2O3. The van der Waals surface area contributed by atoms with Crippen LogP contribution in [0.1, 0.15) is 28.4 Å². The van der Waals surface area contributed by atoms with Crippen molar-refractivity contribution in [2.45, 2.75) is 19.6 Å². The molecule has 0 amide bonds. The highest BCUT2D eigenvalue weighted by Crippen LogP contribution is 2.35. The first-order chi connectivity index (χ1) is 17.3. The molecule has 0 fully saturated rings. The summed E-state index contributed by atoms with van der Waals surface area (Å²) >= 11 is 0. The molecule has 182 valence electrons. The summed E-state index contributed by atoms with van der Waals surface area (Å²) < 4.78 is 52.9. The fourth-order valence-corrected chi connectivity index (χ4v) is 4.02. The van der Waals surface area contributed by atoms with E-state index < -0.39 is 17.7 Å². The maximum absolute atomic E-state index is 13.3. The van der Waals surface area contributed by atoms with E-state index in [4.69, 9.17) is 9.15 Å². The SMILES string of the molecule is CCOC(=O)c1ccc(-c2ccc(-c3nc4cc(C(F)(F)F)ccc4n3Cc3ccccc3)o2)cc1. The van der Waals surface area contributed by atoms with Crippen molar-refractivity contribution in [3.8, 4) is 22.9 Å². The van der Waals surface area contributed by atoms with Crippen molar-refractivity contribution in [1.82, 2.24) is 9.55 Å². The fraction of sp³-hybridized carbons (Fsp3) is 0.143. The maximum atomic E-state index is 13.3. The number of hydrogen-bond donors (Lipinski definition) is 0. The number of halogens is 3. The molecule has 0 radical (unpaired) electrons. The van der Waals surface area contributed by atoms with Gasteiger partial charge in [0.05, 0.1) is 28.8 Å². The van der Waals surface area contributed by atoms with E-state index in [1.165, 1.54) is 6.07 Å². The molecule has 2 aromatic heterocycles. The van der Waals surface area contributed by atoms with Crippen LogP contribution < -0.4 is 0 Å². The van der Waals surface area contributed by atoms with E-state index in [1.807, 2.05) is 34.9 Å². The smallest absolute Gasteiger partial charge is 0.416 e. The van der Waals surface area contributed by atoms with Gasteiger partial charge in [0.1, 0.15) is 5.76 Å². The third-order valence-electron chi connectivity index (χ3n) is 5.77. The lowest BCUT2D eigenvalue weighted by atomic mass is 10.1. The maximum Gasteiger partial charge on any atom is 0.416 e. The van der Waals surface area contributed by atoms with Crippen LogP contribution in [0.25, 0.3) is 33.9 Å². The van der Waals surface area contributed by atoms with Crippen LogP contribution in [-0.2, 0) is 17.5 Å². The van der Waals surface area contributed by atoms with Crippen LogP contribution in [0.15, 0.2) is 89.3 Å². The minimum Gasteiger partial charge on any atom is -0.462 e. The van der Waals surface area contributed by atoms with Gasteiger partial charge in [-0.3, -0.25) is 0 Å². The van der Waals surface area contributed by atoms with E-state index in [0.717, 1.165) is 23.3 Å². The number of ether oxygens (including phenoxy) is 1. The fourth-order valence-electron chi connectivity index (χ4n) is 4.02. The number of esters is 1. The summed E-state index contributed by atoms with van der Waals surface area (Å²) in [6, 6.07) is 23.5. The molecule has 0 saturated heterocycles. The molecule has 8 heteroatoms. The first-order valence-corrected chi connectivity index (χ1v) is 11.3. The number of nitrogens with zero attached hydrogens (tertiary/aromatic N) is 2. The topological polar surface area (TPSA) is 57.3 Å². The number of furan rings is 1. The van der Waals surface area contributed by atoms with Crippen molar-refractivity contribution in [1.29, 1.82) is 0 Å². The van der Waals surface area contributed by atoms with E-state index in [0.29, 0.717) is 35.0 Å². The predicted octanol–water partition coefficient (Wildman–Crippen LogP) is 7.21. The zero-order chi connectivity index (χ0) is 25.3. The van der Waals surface area contributed by atoms with E-state index >= 15 is 0 Å². The van der Waals surface area contributed by atoms with Gasteiger partial charge in [-0.1, -0.05) is 42.5 Å². The number of carbonyl (C=O) groups is 1. The highest BCUT2D eigenvalue weighted by Gasteiger charge is 2.31. The van der Waals surface area contributed by atoms with Crippen LogP contribution >= 0.6 is 0 Å². The Kier molecular flexibility index (Phi) is 6.10. The van der Waals surface area contributed by atoms with Crippen molar-refractivity contribution >= 4 is 17.0 Å². The molecule has 0 bridgehead atoms. The molecule has 36 heavy (non-hydrogen) atoms. The van der Waals surface area contributed by atoms with E-state index in [9.17, 15) is 18.0 Å². The average Bonchev–Trinajstić information content (AvgIpc) is 3.49.